The molecule has 0 amide bonds. The molecule has 2 rings (SSSR count). The maximum Gasteiger partial charge on any atom is 0.316 e. The summed E-state index contributed by atoms with van der Waals surface area (Å²) in [5.41, 5.74) is 0.888. The fourth-order valence-corrected chi connectivity index (χ4v) is 2.38. The molecular weight excluding hydrogens is 260 g/mol. The van der Waals surface area contributed by atoms with Crippen LogP contribution in [0.3, 0.4) is 0 Å². The summed E-state index contributed by atoms with van der Waals surface area (Å²) in [6.45, 7) is 2.57. The monoisotopic (exact) mass is 276 g/mol. The lowest BCUT2D eigenvalue weighted by molar-refractivity contribution is -0.140. The molecule has 0 aliphatic carbocycles. The van der Waals surface area contributed by atoms with Gasteiger partial charge in [-0.25, -0.2) is 9.97 Å². The number of nitrogens with zero attached hydrogens (tertiary/aromatic N) is 2. The Kier molecular flexibility index (Phi) is 5.15. The van der Waals surface area contributed by atoms with Gasteiger partial charge in [0.15, 0.2) is 0 Å². The van der Waals surface area contributed by atoms with E-state index in [4.69, 9.17) is 4.74 Å². The molecule has 2 aromatic rings. The molecule has 0 saturated heterocycles. The van der Waals surface area contributed by atoms with Crippen LogP contribution in [0, 0.1) is 0 Å². The van der Waals surface area contributed by atoms with Gasteiger partial charge < -0.3 is 4.74 Å². The molecule has 4 nitrogen and oxygen atoms in total. The van der Waals surface area contributed by atoms with Crippen molar-refractivity contribution in [2.75, 3.05) is 12.4 Å². The van der Waals surface area contributed by atoms with Crippen molar-refractivity contribution in [3.63, 3.8) is 0 Å². The minimum Gasteiger partial charge on any atom is -0.465 e. The van der Waals surface area contributed by atoms with Gasteiger partial charge in [0.1, 0.15) is 11.4 Å². The van der Waals surface area contributed by atoms with Crippen molar-refractivity contribution >= 4 is 28.6 Å². The first-order valence-corrected chi connectivity index (χ1v) is 7.28. The molecule has 0 radical (unpaired) electrons. The average Bonchev–Trinajstić information content (AvgIpc) is 2.45. The number of unbranched alkanes of at least 4 members (excludes halogenated alkanes) is 1. The van der Waals surface area contributed by atoms with E-state index in [0.29, 0.717) is 6.61 Å². The highest BCUT2D eigenvalue weighted by atomic mass is 32.2. The Bertz CT molecular complexity index is 555. The largest absolute Gasteiger partial charge is 0.465 e. The fraction of sp³-hybridized carbons (Fsp3) is 0.357. The third-order valence-corrected chi connectivity index (χ3v) is 3.57. The van der Waals surface area contributed by atoms with Gasteiger partial charge >= 0.3 is 5.97 Å². The molecule has 1 aromatic heterocycles. The minimum atomic E-state index is -0.193. The van der Waals surface area contributed by atoms with Crippen LogP contribution in [0.25, 0.3) is 10.9 Å². The van der Waals surface area contributed by atoms with E-state index in [1.807, 2.05) is 24.3 Å². The standard InChI is InChI=1S/C14H16N2O2S/c1-2-3-8-18-13(17)9-19-14-11-6-4-5-7-12(11)15-10-16-14/h4-7,10H,2-3,8-9H2,1H3. The summed E-state index contributed by atoms with van der Waals surface area (Å²) < 4.78 is 5.11. The fourth-order valence-electron chi connectivity index (χ4n) is 1.59. The van der Waals surface area contributed by atoms with Crippen LogP contribution in [0.5, 0.6) is 0 Å². The Morgan fingerprint density at radius 1 is 1.32 bits per heavy atom. The van der Waals surface area contributed by atoms with Crippen molar-refractivity contribution in [3.05, 3.63) is 30.6 Å². The van der Waals surface area contributed by atoms with Crippen LogP contribution in [-0.2, 0) is 9.53 Å². The number of carbonyl (C=O) groups excluding carboxylic acids is 1. The number of benzene rings is 1. The summed E-state index contributed by atoms with van der Waals surface area (Å²) in [6.07, 6.45) is 3.46. The van der Waals surface area contributed by atoms with Gasteiger partial charge in [-0.1, -0.05) is 43.3 Å². The second-order valence-corrected chi connectivity index (χ2v) is 5.02. The highest BCUT2D eigenvalue weighted by Crippen LogP contribution is 2.23. The van der Waals surface area contributed by atoms with Gasteiger partial charge in [-0.05, 0) is 12.5 Å². The second-order valence-electron chi connectivity index (χ2n) is 4.06. The zero-order chi connectivity index (χ0) is 13.5. The first kappa shape index (κ1) is 13.8. The van der Waals surface area contributed by atoms with E-state index >= 15 is 0 Å². The lowest BCUT2D eigenvalue weighted by Crippen LogP contribution is -2.08. The molecule has 0 aliphatic heterocycles. The number of hydrogen-bond acceptors (Lipinski definition) is 5. The highest BCUT2D eigenvalue weighted by Gasteiger charge is 2.08. The quantitative estimate of drug-likeness (QED) is 0.351. The molecule has 1 aromatic carbocycles. The molecule has 0 unspecified atom stereocenters. The number of carbonyl (C=O) groups is 1. The zero-order valence-corrected chi connectivity index (χ0v) is 11.7. The Hall–Kier alpha value is -1.62. The molecule has 0 fully saturated rings. The van der Waals surface area contributed by atoms with Crippen LogP contribution in [0.4, 0.5) is 0 Å². The van der Waals surface area contributed by atoms with Crippen molar-refractivity contribution in [1.29, 1.82) is 0 Å². The summed E-state index contributed by atoms with van der Waals surface area (Å²) in [4.78, 5) is 19.9. The number of fused-ring (bicyclic) bond motifs is 1. The van der Waals surface area contributed by atoms with Gasteiger partial charge in [-0.3, -0.25) is 4.79 Å². The molecule has 0 bridgehead atoms. The maximum absolute atomic E-state index is 11.5. The van der Waals surface area contributed by atoms with Crippen molar-refractivity contribution in [2.24, 2.45) is 0 Å². The Balaban J connectivity index is 1.96. The molecule has 5 heteroatoms. The number of hydrogen-bond donors (Lipinski definition) is 0. The first-order valence-electron chi connectivity index (χ1n) is 6.29. The summed E-state index contributed by atoms with van der Waals surface area (Å²) in [7, 11) is 0. The van der Waals surface area contributed by atoms with E-state index in [-0.39, 0.29) is 11.7 Å². The summed E-state index contributed by atoms with van der Waals surface area (Å²) in [6, 6.07) is 7.76. The minimum absolute atomic E-state index is 0.193. The lowest BCUT2D eigenvalue weighted by atomic mass is 10.2. The van der Waals surface area contributed by atoms with E-state index in [0.717, 1.165) is 28.8 Å². The summed E-state index contributed by atoms with van der Waals surface area (Å²) in [5.74, 6) is 0.0891. The van der Waals surface area contributed by atoms with Crippen LogP contribution in [0.15, 0.2) is 35.6 Å². The zero-order valence-electron chi connectivity index (χ0n) is 10.8. The van der Waals surface area contributed by atoms with Gasteiger partial charge in [-0.2, -0.15) is 0 Å². The molecule has 1 heterocycles. The Labute approximate surface area is 116 Å². The maximum atomic E-state index is 11.5. The number of esters is 1. The number of aromatic nitrogens is 2. The van der Waals surface area contributed by atoms with Gasteiger partial charge in [0.2, 0.25) is 0 Å². The third-order valence-electron chi connectivity index (χ3n) is 2.59. The van der Waals surface area contributed by atoms with Gasteiger partial charge in [0, 0.05) is 5.39 Å². The number of para-hydroxylation sites is 1. The molecule has 0 atom stereocenters. The predicted octanol–water partition coefficient (Wildman–Crippen LogP) is 3.07. The van der Waals surface area contributed by atoms with Crippen molar-refractivity contribution in [1.82, 2.24) is 9.97 Å². The molecule has 0 spiro atoms. The Morgan fingerprint density at radius 2 is 2.16 bits per heavy atom. The Morgan fingerprint density at radius 3 is 3.00 bits per heavy atom. The van der Waals surface area contributed by atoms with Crippen LogP contribution >= 0.6 is 11.8 Å². The lowest BCUT2D eigenvalue weighted by Gasteiger charge is -2.05. The molecule has 0 N–H and O–H groups in total. The van der Waals surface area contributed by atoms with E-state index < -0.39 is 0 Å². The SMILES string of the molecule is CCCCOC(=O)CSc1ncnc2ccccc12. The number of thioether (sulfide) groups is 1. The van der Waals surface area contributed by atoms with Crippen molar-refractivity contribution < 1.29 is 9.53 Å². The third kappa shape index (κ3) is 3.92. The van der Waals surface area contributed by atoms with Gasteiger partial charge in [0.25, 0.3) is 0 Å². The molecule has 100 valence electrons. The van der Waals surface area contributed by atoms with Crippen LogP contribution in [0.2, 0.25) is 0 Å². The summed E-state index contributed by atoms with van der Waals surface area (Å²) in [5, 5.41) is 1.79. The van der Waals surface area contributed by atoms with Crippen LogP contribution in [-0.4, -0.2) is 28.3 Å². The van der Waals surface area contributed by atoms with E-state index in [1.54, 1.807) is 0 Å². The average molecular weight is 276 g/mol. The summed E-state index contributed by atoms with van der Waals surface area (Å²) >= 11 is 1.39. The smallest absolute Gasteiger partial charge is 0.316 e. The van der Waals surface area contributed by atoms with E-state index in [9.17, 15) is 4.79 Å². The van der Waals surface area contributed by atoms with Crippen molar-refractivity contribution in [2.45, 2.75) is 24.8 Å². The van der Waals surface area contributed by atoms with Crippen molar-refractivity contribution in [3.8, 4) is 0 Å². The predicted molar refractivity (Wildman–Crippen MR) is 76.1 cm³/mol. The normalized spacial score (nSPS) is 10.6. The number of rotatable bonds is 6. The molecule has 0 saturated carbocycles. The van der Waals surface area contributed by atoms with E-state index in [1.165, 1.54) is 18.1 Å². The molecule has 0 aliphatic rings. The second kappa shape index (κ2) is 7.09. The van der Waals surface area contributed by atoms with Gasteiger partial charge in [0.05, 0.1) is 17.9 Å². The highest BCUT2D eigenvalue weighted by molar-refractivity contribution is 8.00. The van der Waals surface area contributed by atoms with E-state index in [2.05, 4.69) is 16.9 Å². The first-order chi connectivity index (χ1) is 9.31. The topological polar surface area (TPSA) is 52.1 Å². The van der Waals surface area contributed by atoms with Crippen LogP contribution in [0.1, 0.15) is 19.8 Å². The van der Waals surface area contributed by atoms with Crippen LogP contribution < -0.4 is 0 Å². The molecular formula is C14H16N2O2S. The number of ether oxygens (including phenoxy) is 1. The van der Waals surface area contributed by atoms with Gasteiger partial charge in [-0.15, -0.1) is 0 Å². The molecule has 19 heavy (non-hydrogen) atoms.